The van der Waals surface area contributed by atoms with Crippen molar-refractivity contribution in [1.29, 1.82) is 0 Å². The zero-order chi connectivity index (χ0) is 14.7. The minimum Gasteiger partial charge on any atom is -0.497 e. The number of ether oxygens (including phenoxy) is 1. The number of nitrogens with one attached hydrogen (secondary N) is 1. The number of amides is 2. The van der Waals surface area contributed by atoms with Gasteiger partial charge in [-0.2, -0.15) is 0 Å². The molecule has 0 aromatic heterocycles. The number of carbonyl (C=O) groups is 2. The molecule has 0 heterocycles. The van der Waals surface area contributed by atoms with Gasteiger partial charge in [-0.25, -0.2) is 0 Å². The molecule has 1 aliphatic carbocycles. The van der Waals surface area contributed by atoms with Gasteiger partial charge >= 0.3 is 0 Å². The summed E-state index contributed by atoms with van der Waals surface area (Å²) in [6.07, 6.45) is 2.05. The summed E-state index contributed by atoms with van der Waals surface area (Å²) in [6, 6.07) is 5.15. The van der Waals surface area contributed by atoms with Crippen molar-refractivity contribution in [3.05, 3.63) is 23.8 Å². The van der Waals surface area contributed by atoms with E-state index < -0.39 is 0 Å². The predicted octanol–water partition coefficient (Wildman–Crippen LogP) is 0.628. The Labute approximate surface area is 117 Å². The van der Waals surface area contributed by atoms with Crippen LogP contribution in [0.15, 0.2) is 18.2 Å². The first-order valence-corrected chi connectivity index (χ1v) is 6.49. The zero-order valence-electron chi connectivity index (χ0n) is 11.7. The van der Waals surface area contributed by atoms with E-state index in [1.54, 1.807) is 25.2 Å². The Morgan fingerprint density at radius 2 is 2.15 bits per heavy atom. The lowest BCUT2D eigenvalue weighted by Crippen LogP contribution is -2.39. The summed E-state index contributed by atoms with van der Waals surface area (Å²) in [5.74, 6) is 0.166. The van der Waals surface area contributed by atoms with Gasteiger partial charge in [0.1, 0.15) is 5.75 Å². The molecule has 0 atom stereocenters. The van der Waals surface area contributed by atoms with Crippen LogP contribution in [0.5, 0.6) is 5.75 Å². The van der Waals surface area contributed by atoms with Crippen LogP contribution in [-0.4, -0.2) is 43.5 Å². The molecule has 3 N–H and O–H groups in total. The van der Waals surface area contributed by atoms with E-state index in [0.29, 0.717) is 17.0 Å². The van der Waals surface area contributed by atoms with Gasteiger partial charge in [-0.3, -0.25) is 9.59 Å². The van der Waals surface area contributed by atoms with E-state index in [-0.39, 0.29) is 24.4 Å². The fraction of sp³-hybridized carbons (Fsp3) is 0.429. The van der Waals surface area contributed by atoms with Crippen LogP contribution < -0.4 is 15.8 Å². The van der Waals surface area contributed by atoms with Crippen LogP contribution in [-0.2, 0) is 4.79 Å². The number of likely N-dealkylation sites (N-methyl/N-ethyl adjacent to an activating group) is 1. The largest absolute Gasteiger partial charge is 0.497 e. The maximum Gasteiger partial charge on any atom is 0.256 e. The number of hydrogen-bond donors (Lipinski definition) is 2. The van der Waals surface area contributed by atoms with Crippen molar-refractivity contribution < 1.29 is 14.3 Å². The van der Waals surface area contributed by atoms with E-state index in [1.807, 2.05) is 0 Å². The number of anilines is 1. The molecule has 1 aromatic rings. The average Bonchev–Trinajstić information content (AvgIpc) is 3.21. The minimum absolute atomic E-state index is 0.0286. The summed E-state index contributed by atoms with van der Waals surface area (Å²) in [6.45, 7) is 0.0286. The summed E-state index contributed by atoms with van der Waals surface area (Å²) >= 11 is 0. The van der Waals surface area contributed by atoms with Crippen LogP contribution in [0.1, 0.15) is 23.2 Å². The van der Waals surface area contributed by atoms with Gasteiger partial charge in [0.15, 0.2) is 0 Å². The number of nitrogen functional groups attached to an aromatic ring is 1. The van der Waals surface area contributed by atoms with E-state index in [9.17, 15) is 9.59 Å². The molecule has 0 aliphatic heterocycles. The van der Waals surface area contributed by atoms with Crippen molar-refractivity contribution in [2.45, 2.75) is 18.9 Å². The van der Waals surface area contributed by atoms with Crippen LogP contribution >= 0.6 is 0 Å². The molecule has 1 aromatic carbocycles. The van der Waals surface area contributed by atoms with Gasteiger partial charge in [-0.05, 0) is 25.0 Å². The van der Waals surface area contributed by atoms with Crippen molar-refractivity contribution in [3.8, 4) is 5.75 Å². The molecule has 1 saturated carbocycles. The Morgan fingerprint density at radius 3 is 2.70 bits per heavy atom. The number of hydrogen-bond acceptors (Lipinski definition) is 4. The molecule has 0 unspecified atom stereocenters. The molecule has 1 fully saturated rings. The second kappa shape index (κ2) is 5.81. The third kappa shape index (κ3) is 3.40. The highest BCUT2D eigenvalue weighted by Gasteiger charge is 2.24. The first-order chi connectivity index (χ1) is 9.51. The highest BCUT2D eigenvalue weighted by Crippen LogP contribution is 2.21. The number of carbonyl (C=O) groups excluding carboxylic acids is 2. The van der Waals surface area contributed by atoms with E-state index in [2.05, 4.69) is 5.32 Å². The van der Waals surface area contributed by atoms with Crippen LogP contribution in [0.25, 0.3) is 0 Å². The van der Waals surface area contributed by atoms with Gasteiger partial charge in [-0.15, -0.1) is 0 Å². The summed E-state index contributed by atoms with van der Waals surface area (Å²) in [7, 11) is 3.11. The first kappa shape index (κ1) is 14.2. The number of rotatable bonds is 5. The van der Waals surface area contributed by atoms with Crippen LogP contribution in [0.2, 0.25) is 0 Å². The molecule has 2 rings (SSSR count). The van der Waals surface area contributed by atoms with Gasteiger partial charge in [0.25, 0.3) is 5.91 Å². The smallest absolute Gasteiger partial charge is 0.256 e. The SMILES string of the molecule is COc1ccc(C(=O)N(C)CC(=O)NC2CC2)c(N)c1. The first-order valence-electron chi connectivity index (χ1n) is 6.49. The molecule has 6 heteroatoms. The molecule has 6 nitrogen and oxygen atoms in total. The quantitative estimate of drug-likeness (QED) is 0.773. The van der Waals surface area contributed by atoms with E-state index in [0.717, 1.165) is 12.8 Å². The average molecular weight is 277 g/mol. The molecule has 0 saturated heterocycles. The van der Waals surface area contributed by atoms with E-state index >= 15 is 0 Å². The number of methoxy groups -OCH3 is 1. The Bertz CT molecular complexity index is 526. The highest BCUT2D eigenvalue weighted by molar-refractivity contribution is 6.00. The Morgan fingerprint density at radius 1 is 1.45 bits per heavy atom. The number of benzene rings is 1. The molecule has 1 aliphatic rings. The van der Waals surface area contributed by atoms with Crippen molar-refractivity contribution in [2.75, 3.05) is 26.4 Å². The third-order valence-corrected chi connectivity index (χ3v) is 3.16. The molecule has 0 bridgehead atoms. The minimum atomic E-state index is -0.281. The fourth-order valence-electron chi connectivity index (χ4n) is 1.86. The van der Waals surface area contributed by atoms with Crippen LogP contribution in [0.3, 0.4) is 0 Å². The highest BCUT2D eigenvalue weighted by atomic mass is 16.5. The summed E-state index contributed by atoms with van der Waals surface area (Å²) in [5.41, 5.74) is 6.53. The molecule has 108 valence electrons. The van der Waals surface area contributed by atoms with Gasteiger partial charge in [0.2, 0.25) is 5.91 Å². The van der Waals surface area contributed by atoms with Crippen molar-refractivity contribution in [1.82, 2.24) is 10.2 Å². The lowest BCUT2D eigenvalue weighted by Gasteiger charge is -2.18. The second-order valence-corrected chi connectivity index (χ2v) is 4.96. The molecule has 0 radical (unpaired) electrons. The summed E-state index contributed by atoms with van der Waals surface area (Å²) in [5, 5.41) is 2.84. The third-order valence-electron chi connectivity index (χ3n) is 3.16. The van der Waals surface area contributed by atoms with Crippen molar-refractivity contribution in [2.24, 2.45) is 0 Å². The molecule has 20 heavy (non-hydrogen) atoms. The van der Waals surface area contributed by atoms with Gasteiger partial charge < -0.3 is 20.7 Å². The maximum absolute atomic E-state index is 12.2. The molecule has 2 amide bonds. The zero-order valence-corrected chi connectivity index (χ0v) is 11.7. The second-order valence-electron chi connectivity index (χ2n) is 4.96. The lowest BCUT2D eigenvalue weighted by atomic mass is 10.1. The Hall–Kier alpha value is -2.24. The summed E-state index contributed by atoms with van der Waals surface area (Å²) < 4.78 is 5.04. The van der Waals surface area contributed by atoms with Gasteiger partial charge in [0, 0.05) is 24.8 Å². The van der Waals surface area contributed by atoms with Gasteiger partial charge in [0.05, 0.1) is 19.2 Å². The predicted molar refractivity (Wildman–Crippen MR) is 75.5 cm³/mol. The summed E-state index contributed by atoms with van der Waals surface area (Å²) in [4.78, 5) is 25.3. The van der Waals surface area contributed by atoms with Crippen LogP contribution in [0.4, 0.5) is 5.69 Å². The monoisotopic (exact) mass is 277 g/mol. The Kier molecular flexibility index (Phi) is 4.12. The molecular formula is C14H19N3O3. The topological polar surface area (TPSA) is 84.7 Å². The fourth-order valence-corrected chi connectivity index (χ4v) is 1.86. The number of nitrogens with two attached hydrogens (primary N) is 1. The van der Waals surface area contributed by atoms with E-state index in [1.165, 1.54) is 12.0 Å². The standard InChI is InChI=1S/C14H19N3O3/c1-17(8-13(18)16-9-3-4-9)14(19)11-6-5-10(20-2)7-12(11)15/h5-7,9H,3-4,8,15H2,1-2H3,(H,16,18). The van der Waals surface area contributed by atoms with Gasteiger partial charge in [-0.1, -0.05) is 0 Å². The van der Waals surface area contributed by atoms with Crippen molar-refractivity contribution in [3.63, 3.8) is 0 Å². The van der Waals surface area contributed by atoms with Crippen molar-refractivity contribution >= 4 is 17.5 Å². The molecular weight excluding hydrogens is 258 g/mol. The normalized spacial score (nSPS) is 13.7. The Balaban J connectivity index is 2.00. The maximum atomic E-state index is 12.2. The molecule has 0 spiro atoms. The number of nitrogens with zero attached hydrogens (tertiary/aromatic N) is 1. The lowest BCUT2D eigenvalue weighted by molar-refractivity contribution is -0.121. The van der Waals surface area contributed by atoms with Crippen LogP contribution in [0, 0.1) is 0 Å². The van der Waals surface area contributed by atoms with E-state index in [4.69, 9.17) is 10.5 Å².